The van der Waals surface area contributed by atoms with Gasteiger partial charge in [0.25, 0.3) is 0 Å². The zero-order valence-electron chi connectivity index (χ0n) is 8.85. The molecule has 0 atom stereocenters. The largest absolute Gasteiger partial charge is 0.298 e. The van der Waals surface area contributed by atoms with Crippen LogP contribution < -0.4 is 0 Å². The topological polar surface area (TPSA) is 40.9 Å². The van der Waals surface area contributed by atoms with Gasteiger partial charge in [0, 0.05) is 10.0 Å². The molecule has 17 heavy (non-hydrogen) atoms. The zero-order chi connectivity index (χ0) is 12.3. The summed E-state index contributed by atoms with van der Waals surface area (Å²) in [5, 5.41) is 9.08. The first-order valence-electron chi connectivity index (χ1n) is 5.00. The molecule has 3 heteroatoms. The number of nitrogens with zero attached hydrogens (tertiary/aromatic N) is 1. The molecule has 0 saturated carbocycles. The molecule has 0 spiro atoms. The third-order valence-electron chi connectivity index (χ3n) is 2.46. The van der Waals surface area contributed by atoms with Crippen LogP contribution in [0.4, 0.5) is 0 Å². The van der Waals surface area contributed by atoms with Crippen molar-refractivity contribution < 1.29 is 4.79 Å². The van der Waals surface area contributed by atoms with Crippen LogP contribution in [0, 0.1) is 11.3 Å². The summed E-state index contributed by atoms with van der Waals surface area (Å²) in [7, 11) is 0. The van der Waals surface area contributed by atoms with Crippen molar-refractivity contribution in [2.45, 2.75) is 0 Å². The quantitative estimate of drug-likeness (QED) is 0.788. The Labute approximate surface area is 108 Å². The Morgan fingerprint density at radius 2 is 1.82 bits per heavy atom. The fourth-order valence-corrected chi connectivity index (χ4v) is 1.96. The maximum Gasteiger partial charge on any atom is 0.150 e. The maximum atomic E-state index is 10.6. The Morgan fingerprint density at radius 3 is 2.41 bits per heavy atom. The monoisotopic (exact) mass is 285 g/mol. The SMILES string of the molecule is N#Cc1cc(Br)ccc1-c1ccc(C=O)cc1. The predicted molar refractivity (Wildman–Crippen MR) is 69.7 cm³/mol. The van der Waals surface area contributed by atoms with Gasteiger partial charge in [-0.2, -0.15) is 5.26 Å². The molecule has 0 N–H and O–H groups in total. The van der Waals surface area contributed by atoms with Gasteiger partial charge in [0.2, 0.25) is 0 Å². The fraction of sp³-hybridized carbons (Fsp3) is 0. The molecule has 82 valence electrons. The van der Waals surface area contributed by atoms with Crippen molar-refractivity contribution in [3.63, 3.8) is 0 Å². The standard InChI is InChI=1S/C14H8BrNO/c15-13-5-6-14(12(7-13)8-16)11-3-1-10(9-17)2-4-11/h1-7,9H. The first-order valence-corrected chi connectivity index (χ1v) is 5.79. The summed E-state index contributed by atoms with van der Waals surface area (Å²) in [5.41, 5.74) is 3.04. The van der Waals surface area contributed by atoms with Crippen LogP contribution in [-0.4, -0.2) is 6.29 Å². The lowest BCUT2D eigenvalue weighted by Crippen LogP contribution is -1.85. The molecule has 0 unspecified atom stereocenters. The summed E-state index contributed by atoms with van der Waals surface area (Å²) in [5.74, 6) is 0. The Bertz CT molecular complexity index is 597. The van der Waals surface area contributed by atoms with Crippen LogP contribution in [0.2, 0.25) is 0 Å². The van der Waals surface area contributed by atoms with Crippen LogP contribution in [0.25, 0.3) is 11.1 Å². The molecule has 2 nitrogen and oxygen atoms in total. The Hall–Kier alpha value is -1.92. The summed E-state index contributed by atoms with van der Waals surface area (Å²) in [6.45, 7) is 0. The molecule has 0 aromatic heterocycles. The Morgan fingerprint density at radius 1 is 1.12 bits per heavy atom. The number of aldehydes is 1. The molecule has 0 amide bonds. The maximum absolute atomic E-state index is 10.6. The van der Waals surface area contributed by atoms with Gasteiger partial charge >= 0.3 is 0 Å². The van der Waals surface area contributed by atoms with Crippen LogP contribution in [0.15, 0.2) is 46.9 Å². The minimum Gasteiger partial charge on any atom is -0.298 e. The molecule has 0 aliphatic heterocycles. The van der Waals surface area contributed by atoms with E-state index >= 15 is 0 Å². The molecule has 0 aliphatic rings. The van der Waals surface area contributed by atoms with Gasteiger partial charge in [0.1, 0.15) is 6.29 Å². The number of nitriles is 1. The highest BCUT2D eigenvalue weighted by Gasteiger charge is 2.05. The summed E-state index contributed by atoms with van der Waals surface area (Å²) in [6, 6.07) is 14.9. The average Bonchev–Trinajstić information content (AvgIpc) is 2.39. The molecule has 0 fully saturated rings. The number of rotatable bonds is 2. The van der Waals surface area contributed by atoms with Gasteiger partial charge in [-0.1, -0.05) is 46.3 Å². The second kappa shape index (κ2) is 4.94. The van der Waals surface area contributed by atoms with E-state index in [1.165, 1.54) is 0 Å². The number of halogens is 1. The number of carbonyl (C=O) groups is 1. The van der Waals surface area contributed by atoms with Crippen LogP contribution in [0.1, 0.15) is 15.9 Å². The smallest absolute Gasteiger partial charge is 0.150 e. The first kappa shape index (κ1) is 11.6. The summed E-state index contributed by atoms with van der Waals surface area (Å²) >= 11 is 3.34. The highest BCUT2D eigenvalue weighted by Crippen LogP contribution is 2.26. The Kier molecular flexibility index (Phi) is 3.36. The number of carbonyl (C=O) groups excluding carboxylic acids is 1. The van der Waals surface area contributed by atoms with Crippen LogP contribution in [0.3, 0.4) is 0 Å². The van der Waals surface area contributed by atoms with Crippen LogP contribution in [-0.2, 0) is 0 Å². The molecule has 2 rings (SSSR count). The van der Waals surface area contributed by atoms with Crippen LogP contribution >= 0.6 is 15.9 Å². The van der Waals surface area contributed by atoms with Gasteiger partial charge in [0.05, 0.1) is 11.6 Å². The molecular formula is C14H8BrNO. The minimum absolute atomic E-state index is 0.609. The van der Waals surface area contributed by atoms with Crippen molar-refractivity contribution in [2.75, 3.05) is 0 Å². The number of hydrogen-bond acceptors (Lipinski definition) is 2. The molecule has 2 aromatic carbocycles. The predicted octanol–water partition coefficient (Wildman–Crippen LogP) is 3.80. The third kappa shape index (κ3) is 2.43. The van der Waals surface area contributed by atoms with Crippen molar-refractivity contribution in [1.29, 1.82) is 5.26 Å². The van der Waals surface area contributed by atoms with Crippen molar-refractivity contribution in [2.24, 2.45) is 0 Å². The van der Waals surface area contributed by atoms with E-state index in [0.717, 1.165) is 21.9 Å². The molecule has 0 radical (unpaired) electrons. The van der Waals surface area contributed by atoms with Gasteiger partial charge in [-0.25, -0.2) is 0 Å². The second-order valence-electron chi connectivity index (χ2n) is 3.54. The van der Waals surface area contributed by atoms with Gasteiger partial charge in [-0.15, -0.1) is 0 Å². The molecule has 0 saturated heterocycles. The molecule has 2 aromatic rings. The first-order chi connectivity index (χ1) is 8.24. The summed E-state index contributed by atoms with van der Waals surface area (Å²) in [6.07, 6.45) is 0.802. The van der Waals surface area contributed by atoms with E-state index in [1.54, 1.807) is 18.2 Å². The van der Waals surface area contributed by atoms with Gasteiger partial charge in [0.15, 0.2) is 0 Å². The lowest BCUT2D eigenvalue weighted by Gasteiger charge is -2.04. The summed E-state index contributed by atoms with van der Waals surface area (Å²) in [4.78, 5) is 10.6. The van der Waals surface area contributed by atoms with E-state index in [4.69, 9.17) is 5.26 Å². The van der Waals surface area contributed by atoms with E-state index in [9.17, 15) is 4.79 Å². The van der Waals surface area contributed by atoms with E-state index in [0.29, 0.717) is 11.1 Å². The second-order valence-corrected chi connectivity index (χ2v) is 4.46. The normalized spacial score (nSPS) is 9.65. The van der Waals surface area contributed by atoms with Crippen molar-refractivity contribution in [3.05, 3.63) is 58.1 Å². The van der Waals surface area contributed by atoms with E-state index < -0.39 is 0 Å². The van der Waals surface area contributed by atoms with Crippen molar-refractivity contribution in [3.8, 4) is 17.2 Å². The molecular weight excluding hydrogens is 278 g/mol. The van der Waals surface area contributed by atoms with Crippen molar-refractivity contribution in [1.82, 2.24) is 0 Å². The number of benzene rings is 2. The third-order valence-corrected chi connectivity index (χ3v) is 2.95. The zero-order valence-corrected chi connectivity index (χ0v) is 10.4. The highest BCUT2D eigenvalue weighted by molar-refractivity contribution is 9.10. The average molecular weight is 286 g/mol. The van der Waals surface area contributed by atoms with E-state index in [1.807, 2.05) is 24.3 Å². The van der Waals surface area contributed by atoms with E-state index in [-0.39, 0.29) is 0 Å². The van der Waals surface area contributed by atoms with Gasteiger partial charge in [-0.3, -0.25) is 4.79 Å². The van der Waals surface area contributed by atoms with Gasteiger partial charge in [-0.05, 0) is 23.3 Å². The molecule has 0 bridgehead atoms. The molecule has 0 heterocycles. The molecule has 0 aliphatic carbocycles. The Balaban J connectivity index is 2.52. The summed E-state index contributed by atoms with van der Waals surface area (Å²) < 4.78 is 0.877. The van der Waals surface area contributed by atoms with Crippen LogP contribution in [0.5, 0.6) is 0 Å². The van der Waals surface area contributed by atoms with Crippen molar-refractivity contribution >= 4 is 22.2 Å². The lowest BCUT2D eigenvalue weighted by atomic mass is 9.99. The lowest BCUT2D eigenvalue weighted by molar-refractivity contribution is 0.112. The van der Waals surface area contributed by atoms with Gasteiger partial charge < -0.3 is 0 Å². The minimum atomic E-state index is 0.609. The fourth-order valence-electron chi connectivity index (χ4n) is 1.60. The highest BCUT2D eigenvalue weighted by atomic mass is 79.9. The van der Waals surface area contributed by atoms with E-state index in [2.05, 4.69) is 22.0 Å². The number of hydrogen-bond donors (Lipinski definition) is 0.